The highest BCUT2D eigenvalue weighted by molar-refractivity contribution is 6.42. The molecule has 17 heavy (non-hydrogen) atoms. The summed E-state index contributed by atoms with van der Waals surface area (Å²) < 4.78 is 0. The minimum atomic E-state index is -0.942. The van der Waals surface area contributed by atoms with Crippen LogP contribution in [0.5, 0.6) is 0 Å². The van der Waals surface area contributed by atoms with Gasteiger partial charge in [0.2, 0.25) is 0 Å². The molecule has 0 spiro atoms. The topological polar surface area (TPSA) is 33.1 Å². The van der Waals surface area contributed by atoms with E-state index in [-0.39, 0.29) is 0 Å². The van der Waals surface area contributed by atoms with Crippen LogP contribution in [0.4, 0.5) is 0 Å². The van der Waals surface area contributed by atoms with Crippen molar-refractivity contribution in [3.8, 4) is 0 Å². The third-order valence-corrected chi connectivity index (χ3v) is 3.54. The Morgan fingerprint density at radius 3 is 2.47 bits per heavy atom. The maximum atomic E-state index is 10.2. The first-order valence-corrected chi connectivity index (χ1v) is 5.96. The monoisotopic (exact) mass is 287 g/mol. The Kier molecular flexibility index (Phi) is 3.89. The number of hydrogen-bond acceptors (Lipinski definition) is 2. The second-order valence-electron chi connectivity index (χ2n) is 3.44. The van der Waals surface area contributed by atoms with Crippen molar-refractivity contribution in [3.05, 3.63) is 62.9 Å². The average molecular weight is 289 g/mol. The summed E-state index contributed by atoms with van der Waals surface area (Å²) in [5.41, 5.74) is 1.01. The van der Waals surface area contributed by atoms with Crippen molar-refractivity contribution in [2.75, 3.05) is 0 Å². The SMILES string of the molecule is O[C@H](c1cnccc1Cl)c1cccc(Cl)c1Cl. The van der Waals surface area contributed by atoms with E-state index in [2.05, 4.69) is 4.98 Å². The highest BCUT2D eigenvalue weighted by atomic mass is 35.5. The van der Waals surface area contributed by atoms with Crippen LogP contribution < -0.4 is 0 Å². The molecule has 1 aromatic carbocycles. The molecule has 1 N–H and O–H groups in total. The summed E-state index contributed by atoms with van der Waals surface area (Å²) in [6, 6.07) is 6.68. The first-order valence-electron chi connectivity index (χ1n) is 4.82. The van der Waals surface area contributed by atoms with Gasteiger partial charge in [-0.1, -0.05) is 46.9 Å². The van der Waals surface area contributed by atoms with Gasteiger partial charge in [-0.25, -0.2) is 0 Å². The zero-order chi connectivity index (χ0) is 12.4. The lowest BCUT2D eigenvalue weighted by Gasteiger charge is -2.14. The van der Waals surface area contributed by atoms with E-state index in [4.69, 9.17) is 34.8 Å². The van der Waals surface area contributed by atoms with Crippen LogP contribution in [0, 0.1) is 0 Å². The lowest BCUT2D eigenvalue weighted by molar-refractivity contribution is 0.220. The molecular formula is C12H8Cl3NO. The van der Waals surface area contributed by atoms with Gasteiger partial charge in [-0.15, -0.1) is 0 Å². The molecule has 0 aliphatic rings. The van der Waals surface area contributed by atoms with Crippen molar-refractivity contribution in [2.24, 2.45) is 0 Å². The molecule has 5 heteroatoms. The van der Waals surface area contributed by atoms with Crippen molar-refractivity contribution >= 4 is 34.8 Å². The maximum absolute atomic E-state index is 10.2. The lowest BCUT2D eigenvalue weighted by atomic mass is 10.0. The van der Waals surface area contributed by atoms with Crippen molar-refractivity contribution in [1.82, 2.24) is 4.98 Å². The molecule has 0 fully saturated rings. The molecule has 2 aromatic rings. The van der Waals surface area contributed by atoms with Crippen LogP contribution in [0.25, 0.3) is 0 Å². The van der Waals surface area contributed by atoms with Gasteiger partial charge in [0, 0.05) is 28.5 Å². The van der Waals surface area contributed by atoms with Gasteiger partial charge in [-0.2, -0.15) is 0 Å². The normalized spacial score (nSPS) is 12.5. The number of rotatable bonds is 2. The second kappa shape index (κ2) is 5.23. The Balaban J connectivity index is 2.48. The molecule has 2 nitrogen and oxygen atoms in total. The van der Waals surface area contributed by atoms with Crippen LogP contribution >= 0.6 is 34.8 Å². The Bertz CT molecular complexity index is 545. The quantitative estimate of drug-likeness (QED) is 0.901. The van der Waals surface area contributed by atoms with Gasteiger partial charge in [-0.05, 0) is 12.1 Å². The van der Waals surface area contributed by atoms with E-state index < -0.39 is 6.10 Å². The van der Waals surface area contributed by atoms with E-state index >= 15 is 0 Å². The fraction of sp³-hybridized carbons (Fsp3) is 0.0833. The molecular weight excluding hydrogens is 280 g/mol. The number of aromatic nitrogens is 1. The number of aliphatic hydroxyl groups is 1. The second-order valence-corrected chi connectivity index (χ2v) is 4.64. The highest BCUT2D eigenvalue weighted by Gasteiger charge is 2.18. The number of nitrogens with zero attached hydrogens (tertiary/aromatic N) is 1. The predicted octanol–water partition coefficient (Wildman–Crippen LogP) is 4.12. The maximum Gasteiger partial charge on any atom is 0.108 e. The predicted molar refractivity (Wildman–Crippen MR) is 69.8 cm³/mol. The third-order valence-electron chi connectivity index (χ3n) is 2.37. The Hall–Kier alpha value is -0.800. The van der Waals surface area contributed by atoms with Gasteiger partial charge in [-0.3, -0.25) is 4.98 Å². The van der Waals surface area contributed by atoms with Gasteiger partial charge in [0.1, 0.15) is 6.10 Å². The molecule has 0 aliphatic carbocycles. The van der Waals surface area contributed by atoms with E-state index in [1.54, 1.807) is 30.5 Å². The number of halogens is 3. The lowest BCUT2D eigenvalue weighted by Crippen LogP contribution is -2.02. The molecule has 1 heterocycles. The average Bonchev–Trinajstić information content (AvgIpc) is 2.32. The van der Waals surface area contributed by atoms with Crippen LogP contribution in [-0.4, -0.2) is 10.1 Å². The zero-order valence-electron chi connectivity index (χ0n) is 8.57. The van der Waals surface area contributed by atoms with Crippen molar-refractivity contribution in [1.29, 1.82) is 0 Å². The van der Waals surface area contributed by atoms with Crippen molar-refractivity contribution in [3.63, 3.8) is 0 Å². The summed E-state index contributed by atoms with van der Waals surface area (Å²) >= 11 is 17.9. The first kappa shape index (κ1) is 12.7. The van der Waals surface area contributed by atoms with Crippen LogP contribution in [0.15, 0.2) is 36.7 Å². The molecule has 0 saturated heterocycles. The Morgan fingerprint density at radius 2 is 1.76 bits per heavy atom. The first-order chi connectivity index (χ1) is 8.11. The standard InChI is InChI=1S/C12H8Cl3NO/c13-9-4-5-16-6-8(9)12(17)7-2-1-3-10(14)11(7)15/h1-6,12,17H/t12-/m0/s1. The summed E-state index contributed by atoms with van der Waals surface area (Å²) in [5.74, 6) is 0. The van der Waals surface area contributed by atoms with Gasteiger partial charge in [0.05, 0.1) is 10.0 Å². The van der Waals surface area contributed by atoms with Crippen LogP contribution in [-0.2, 0) is 0 Å². The van der Waals surface area contributed by atoms with Gasteiger partial charge in [0.15, 0.2) is 0 Å². The van der Waals surface area contributed by atoms with Crippen LogP contribution in [0.2, 0.25) is 15.1 Å². The molecule has 88 valence electrons. The third kappa shape index (κ3) is 2.55. The molecule has 1 aromatic heterocycles. The summed E-state index contributed by atoms with van der Waals surface area (Å²) in [7, 11) is 0. The van der Waals surface area contributed by atoms with E-state index in [1.807, 2.05) is 0 Å². The molecule has 0 radical (unpaired) electrons. The van der Waals surface area contributed by atoms with Crippen LogP contribution in [0.1, 0.15) is 17.2 Å². The zero-order valence-corrected chi connectivity index (χ0v) is 10.8. The van der Waals surface area contributed by atoms with Crippen molar-refractivity contribution < 1.29 is 5.11 Å². The number of hydrogen-bond donors (Lipinski definition) is 1. The minimum absolute atomic E-state index is 0.321. The van der Waals surface area contributed by atoms with Crippen molar-refractivity contribution in [2.45, 2.75) is 6.10 Å². The van der Waals surface area contributed by atoms with Gasteiger partial charge >= 0.3 is 0 Å². The fourth-order valence-electron chi connectivity index (χ4n) is 1.49. The largest absolute Gasteiger partial charge is 0.383 e. The Morgan fingerprint density at radius 1 is 1.00 bits per heavy atom. The molecule has 0 saturated carbocycles. The van der Waals surface area contributed by atoms with Gasteiger partial charge < -0.3 is 5.11 Å². The van der Waals surface area contributed by atoms with Gasteiger partial charge in [0.25, 0.3) is 0 Å². The summed E-state index contributed by atoms with van der Waals surface area (Å²) in [4.78, 5) is 3.92. The van der Waals surface area contributed by atoms with E-state index in [0.717, 1.165) is 0 Å². The Labute approximate surface area is 114 Å². The molecule has 0 unspecified atom stereocenters. The smallest absolute Gasteiger partial charge is 0.108 e. The van der Waals surface area contributed by atoms with E-state index in [0.29, 0.717) is 26.2 Å². The molecule has 1 atom stereocenters. The fourth-order valence-corrected chi connectivity index (χ4v) is 2.11. The van der Waals surface area contributed by atoms with Crippen LogP contribution in [0.3, 0.4) is 0 Å². The number of benzene rings is 1. The highest BCUT2D eigenvalue weighted by Crippen LogP contribution is 2.34. The summed E-state index contributed by atoms with van der Waals surface area (Å²) in [6.07, 6.45) is 2.12. The number of aliphatic hydroxyl groups excluding tert-OH is 1. The summed E-state index contributed by atoms with van der Waals surface area (Å²) in [6.45, 7) is 0. The van der Waals surface area contributed by atoms with E-state index in [1.165, 1.54) is 6.20 Å². The minimum Gasteiger partial charge on any atom is -0.383 e. The molecule has 0 bridgehead atoms. The molecule has 0 aliphatic heterocycles. The van der Waals surface area contributed by atoms with E-state index in [9.17, 15) is 5.11 Å². The molecule has 2 rings (SSSR count). The number of pyridine rings is 1. The molecule has 0 amide bonds. The summed E-state index contributed by atoms with van der Waals surface area (Å²) in [5, 5.41) is 11.4.